The Morgan fingerprint density at radius 3 is 2.24 bits per heavy atom. The molecule has 0 spiro atoms. The third-order valence-corrected chi connectivity index (χ3v) is 2.90. The maximum Gasteiger partial charge on any atom is 0.0494 e. The SMILES string of the molecule is C=C/C=C(\C=C/C)c1[nH]c2ccccc2c1C.CC.CC. The van der Waals surface area contributed by atoms with Crippen molar-refractivity contribution in [2.45, 2.75) is 41.5 Å². The molecule has 1 heteroatoms. The Balaban J connectivity index is 0.000000921. The van der Waals surface area contributed by atoms with Crippen LogP contribution in [-0.2, 0) is 0 Å². The minimum absolute atomic E-state index is 1.16. The van der Waals surface area contributed by atoms with Crippen LogP contribution in [-0.4, -0.2) is 4.98 Å². The number of nitrogens with one attached hydrogen (secondary N) is 1. The van der Waals surface area contributed by atoms with E-state index in [4.69, 9.17) is 0 Å². The second-order valence-corrected chi connectivity index (χ2v) is 4.03. The monoisotopic (exact) mass is 283 g/mol. The topological polar surface area (TPSA) is 15.8 Å². The van der Waals surface area contributed by atoms with Gasteiger partial charge in [-0.3, -0.25) is 0 Å². The van der Waals surface area contributed by atoms with E-state index >= 15 is 0 Å². The molecule has 21 heavy (non-hydrogen) atoms. The van der Waals surface area contributed by atoms with Gasteiger partial charge in [0.25, 0.3) is 0 Å². The summed E-state index contributed by atoms with van der Waals surface area (Å²) >= 11 is 0. The maximum absolute atomic E-state index is 3.77. The molecule has 0 saturated heterocycles. The van der Waals surface area contributed by atoms with Crippen molar-refractivity contribution in [1.29, 1.82) is 0 Å². The number of hydrogen-bond acceptors (Lipinski definition) is 0. The molecule has 0 radical (unpaired) electrons. The number of aromatic amines is 1. The number of aromatic nitrogens is 1. The molecule has 114 valence electrons. The Labute approximate surface area is 130 Å². The molecule has 2 rings (SSSR count). The molecule has 1 N–H and O–H groups in total. The van der Waals surface area contributed by atoms with E-state index in [0.29, 0.717) is 0 Å². The highest BCUT2D eigenvalue weighted by Gasteiger charge is 2.08. The first-order chi connectivity index (χ1) is 10.3. The smallest absolute Gasteiger partial charge is 0.0494 e. The second-order valence-electron chi connectivity index (χ2n) is 4.03. The van der Waals surface area contributed by atoms with Crippen LogP contribution in [0.1, 0.15) is 45.9 Å². The molecule has 1 nitrogen and oxygen atoms in total. The van der Waals surface area contributed by atoms with Gasteiger partial charge in [0.05, 0.1) is 0 Å². The lowest BCUT2D eigenvalue weighted by atomic mass is 10.1. The van der Waals surface area contributed by atoms with Crippen molar-refractivity contribution in [3.8, 4) is 0 Å². The molecule has 2 aromatic rings. The van der Waals surface area contributed by atoms with Gasteiger partial charge in [0, 0.05) is 16.6 Å². The van der Waals surface area contributed by atoms with Crippen molar-refractivity contribution in [2.24, 2.45) is 0 Å². The van der Waals surface area contributed by atoms with E-state index in [0.717, 1.165) is 5.57 Å². The van der Waals surface area contributed by atoms with Crippen molar-refractivity contribution in [2.75, 3.05) is 0 Å². The molecule has 0 unspecified atom stereocenters. The average molecular weight is 283 g/mol. The summed E-state index contributed by atoms with van der Waals surface area (Å²) in [5.41, 5.74) is 4.80. The fraction of sp³-hybridized carbons (Fsp3) is 0.300. The molecule has 0 aliphatic rings. The standard InChI is InChI=1S/C16H17N.2C2H6/c1-4-8-13(9-5-2)16-12(3)14-10-6-7-11-15(14)17-16;2*1-2/h4-11,17H,1H2,2-3H3;2*1-2H3/b9-5-,13-8+;;. The summed E-state index contributed by atoms with van der Waals surface area (Å²) in [7, 11) is 0. The molecule has 0 saturated carbocycles. The molecule has 1 aromatic heterocycles. The third kappa shape index (κ3) is 4.78. The number of fused-ring (bicyclic) bond motifs is 1. The molecule has 0 aliphatic heterocycles. The van der Waals surface area contributed by atoms with E-state index in [1.807, 2.05) is 52.8 Å². The first kappa shape index (κ1) is 19.0. The normalized spacial score (nSPS) is 10.7. The molecular weight excluding hydrogens is 254 g/mol. The van der Waals surface area contributed by atoms with Gasteiger partial charge in [0.2, 0.25) is 0 Å². The zero-order valence-corrected chi connectivity index (χ0v) is 14.3. The zero-order valence-electron chi connectivity index (χ0n) is 14.3. The van der Waals surface area contributed by atoms with Gasteiger partial charge < -0.3 is 4.98 Å². The summed E-state index contributed by atoms with van der Waals surface area (Å²) in [6.45, 7) is 15.9. The first-order valence-corrected chi connectivity index (χ1v) is 7.81. The Hall–Kier alpha value is -2.02. The van der Waals surface area contributed by atoms with Gasteiger partial charge in [-0.15, -0.1) is 0 Å². The van der Waals surface area contributed by atoms with Crippen LogP contribution in [0.15, 0.2) is 55.1 Å². The summed E-state index contributed by atoms with van der Waals surface area (Å²) < 4.78 is 0. The van der Waals surface area contributed by atoms with Gasteiger partial charge in [-0.25, -0.2) is 0 Å². The van der Waals surface area contributed by atoms with Gasteiger partial charge in [-0.05, 0) is 31.1 Å². The summed E-state index contributed by atoms with van der Waals surface area (Å²) in [6, 6.07) is 8.37. The molecule has 0 fully saturated rings. The molecule has 0 amide bonds. The first-order valence-electron chi connectivity index (χ1n) is 7.81. The van der Waals surface area contributed by atoms with Crippen LogP contribution in [0.5, 0.6) is 0 Å². The predicted octanol–water partition coefficient (Wildman–Crippen LogP) is 6.67. The molecule has 1 heterocycles. The number of H-pyrrole nitrogens is 1. The van der Waals surface area contributed by atoms with Crippen LogP contribution in [0.4, 0.5) is 0 Å². The van der Waals surface area contributed by atoms with Gasteiger partial charge >= 0.3 is 0 Å². The number of hydrogen-bond donors (Lipinski definition) is 1. The fourth-order valence-corrected chi connectivity index (χ4v) is 2.10. The highest BCUT2D eigenvalue weighted by Crippen LogP contribution is 2.27. The maximum atomic E-state index is 3.77. The van der Waals surface area contributed by atoms with Crippen molar-refractivity contribution < 1.29 is 0 Å². The summed E-state index contributed by atoms with van der Waals surface area (Å²) in [5.74, 6) is 0. The fourth-order valence-electron chi connectivity index (χ4n) is 2.10. The lowest BCUT2D eigenvalue weighted by Crippen LogP contribution is -1.83. The van der Waals surface area contributed by atoms with Crippen LogP contribution in [0, 0.1) is 6.92 Å². The Morgan fingerprint density at radius 2 is 1.71 bits per heavy atom. The molecule has 0 bridgehead atoms. The average Bonchev–Trinajstić information content (AvgIpc) is 2.88. The van der Waals surface area contributed by atoms with Crippen LogP contribution in [0.2, 0.25) is 0 Å². The van der Waals surface area contributed by atoms with E-state index in [9.17, 15) is 0 Å². The highest BCUT2D eigenvalue weighted by molar-refractivity contribution is 5.90. The largest absolute Gasteiger partial charge is 0.354 e. The second kappa shape index (κ2) is 10.7. The third-order valence-electron chi connectivity index (χ3n) is 2.90. The van der Waals surface area contributed by atoms with Crippen molar-refractivity contribution in [3.63, 3.8) is 0 Å². The van der Waals surface area contributed by atoms with E-state index in [1.165, 1.54) is 22.2 Å². The molecule has 1 aromatic carbocycles. The van der Waals surface area contributed by atoms with Crippen LogP contribution in [0.3, 0.4) is 0 Å². The van der Waals surface area contributed by atoms with Gasteiger partial charge in [-0.1, -0.05) is 76.8 Å². The molecule has 0 atom stereocenters. The number of benzene rings is 1. The van der Waals surface area contributed by atoms with Gasteiger partial charge in [0.1, 0.15) is 0 Å². The quantitative estimate of drug-likeness (QED) is 0.605. The van der Waals surface area contributed by atoms with E-state index < -0.39 is 0 Å². The summed E-state index contributed by atoms with van der Waals surface area (Å²) in [5, 5.41) is 1.28. The zero-order chi connectivity index (χ0) is 16.3. The van der Waals surface area contributed by atoms with E-state index in [2.05, 4.69) is 48.8 Å². The van der Waals surface area contributed by atoms with E-state index in [1.54, 1.807) is 0 Å². The summed E-state index contributed by atoms with van der Waals surface area (Å²) in [4.78, 5) is 3.47. The predicted molar refractivity (Wildman–Crippen MR) is 98.7 cm³/mol. The minimum atomic E-state index is 1.16. The molecular formula is C20H29N. The number of aryl methyl sites for hydroxylation is 1. The van der Waals surface area contributed by atoms with Crippen molar-refractivity contribution >= 4 is 16.5 Å². The Kier molecular flexibility index (Phi) is 9.70. The Morgan fingerprint density at radius 1 is 1.10 bits per heavy atom. The lowest BCUT2D eigenvalue weighted by molar-refractivity contribution is 1.35. The van der Waals surface area contributed by atoms with Crippen LogP contribution >= 0.6 is 0 Å². The number of para-hydroxylation sites is 1. The summed E-state index contributed by atoms with van der Waals surface area (Å²) in [6.07, 6.45) is 7.98. The van der Waals surface area contributed by atoms with Crippen molar-refractivity contribution in [3.05, 3.63) is 66.4 Å². The Bertz CT molecular complexity index is 597. The van der Waals surface area contributed by atoms with Crippen molar-refractivity contribution in [1.82, 2.24) is 4.98 Å². The highest BCUT2D eigenvalue weighted by atomic mass is 14.7. The minimum Gasteiger partial charge on any atom is -0.354 e. The van der Waals surface area contributed by atoms with Crippen LogP contribution < -0.4 is 0 Å². The number of allylic oxidation sites excluding steroid dienone is 5. The molecule has 0 aliphatic carbocycles. The lowest BCUT2D eigenvalue weighted by Gasteiger charge is -2.00. The van der Waals surface area contributed by atoms with Gasteiger partial charge in [-0.2, -0.15) is 0 Å². The van der Waals surface area contributed by atoms with E-state index in [-0.39, 0.29) is 0 Å². The number of rotatable bonds is 3. The van der Waals surface area contributed by atoms with Crippen LogP contribution in [0.25, 0.3) is 16.5 Å². The van der Waals surface area contributed by atoms with Gasteiger partial charge in [0.15, 0.2) is 0 Å².